The van der Waals surface area contributed by atoms with Crippen LogP contribution in [0.5, 0.6) is 0 Å². The maximum atomic E-state index is 11.1. The number of carbonyl (C=O) groups is 2. The number of ether oxygens (including phenoxy) is 2. The Kier molecular flexibility index (Phi) is 10.6. The number of phosphoric acid groups is 2. The number of hydrogen-bond acceptors (Lipinski definition) is 10. The highest BCUT2D eigenvalue weighted by atomic mass is 31.3. The first-order chi connectivity index (χ1) is 13.0. The Morgan fingerprint density at radius 1 is 1.14 bits per heavy atom. The van der Waals surface area contributed by atoms with Crippen molar-refractivity contribution < 1.29 is 72.5 Å². The highest BCUT2D eigenvalue weighted by Crippen LogP contribution is 2.53. The second-order valence-corrected chi connectivity index (χ2v) is 7.95. The quantitative estimate of drug-likeness (QED) is 0.101. The van der Waals surface area contributed by atoms with Gasteiger partial charge in [0.2, 0.25) is 5.91 Å². The third-order valence-electron chi connectivity index (χ3n) is 2.97. The summed E-state index contributed by atoms with van der Waals surface area (Å²) in [5.41, 5.74) is 0. The van der Waals surface area contributed by atoms with E-state index in [4.69, 9.17) is 39.3 Å². The third-order valence-corrected chi connectivity index (χ3v) is 4.67. The fourth-order valence-electron chi connectivity index (χ4n) is 1.97. The molecule has 0 aromatic carbocycles. The highest BCUT2D eigenvalue weighted by molar-refractivity contribution is 7.60. The van der Waals surface area contributed by atoms with E-state index in [2.05, 4.69) is 16.2 Å². The molecule has 18 heteroatoms. The summed E-state index contributed by atoms with van der Waals surface area (Å²) < 4.78 is 32.1. The lowest BCUT2D eigenvalue weighted by Gasteiger charge is -2.42. The topological polar surface area (TPSA) is 270 Å². The van der Waals surface area contributed by atoms with Gasteiger partial charge in [0.05, 0.1) is 6.61 Å². The van der Waals surface area contributed by atoms with Crippen molar-refractivity contribution in [1.82, 2.24) is 5.32 Å². The van der Waals surface area contributed by atoms with E-state index >= 15 is 0 Å². The molecule has 16 nitrogen and oxygen atoms in total. The minimum Gasteiger partial charge on any atom is -0.478 e. The largest absolute Gasteiger partial charge is 0.478 e. The molecule has 0 spiro atoms. The molecule has 29 heavy (non-hydrogen) atoms. The summed E-state index contributed by atoms with van der Waals surface area (Å²) in [6.07, 6.45) is -5.55. The van der Waals surface area contributed by atoms with E-state index in [1.54, 1.807) is 0 Å². The fraction of sp³-hybridized carbons (Fsp3) is 0.636. The summed E-state index contributed by atoms with van der Waals surface area (Å²) in [7, 11) is -10.1. The monoisotopic (exact) mass is 469 g/mol. The Balaban J connectivity index is 0.000000734. The molecule has 1 saturated heterocycles. The minimum absolute atomic E-state index is 0.540. The Morgan fingerprint density at radius 2 is 1.62 bits per heavy atom. The second kappa shape index (κ2) is 11.1. The van der Waals surface area contributed by atoms with E-state index in [9.17, 15) is 28.9 Å². The average molecular weight is 469 g/mol. The summed E-state index contributed by atoms with van der Waals surface area (Å²) in [5, 5.41) is 39.7. The second-order valence-electron chi connectivity index (χ2n) is 5.34. The zero-order valence-electron chi connectivity index (χ0n) is 14.6. The first-order valence-corrected chi connectivity index (χ1v) is 10.4. The number of aliphatic hydroxyl groups excluding tert-OH is 3. The van der Waals surface area contributed by atoms with Gasteiger partial charge >= 0.3 is 21.6 Å². The number of nitrogens with one attached hydrogen (secondary N) is 1. The molecule has 9 N–H and O–H groups in total. The van der Waals surface area contributed by atoms with Crippen LogP contribution in [0.25, 0.3) is 0 Å². The van der Waals surface area contributed by atoms with Crippen LogP contribution in [0.1, 0.15) is 6.92 Å². The lowest BCUT2D eigenvalue weighted by Crippen LogP contribution is -2.64. The molecule has 1 unspecified atom stereocenters. The number of hydrogen-bond donors (Lipinski definition) is 9. The van der Waals surface area contributed by atoms with Gasteiger partial charge in [0.25, 0.3) is 0 Å². The Bertz CT molecular complexity index is 666. The molecule has 1 amide bonds. The summed E-state index contributed by atoms with van der Waals surface area (Å²) >= 11 is 0. The molecule has 1 heterocycles. The predicted octanol–water partition coefficient (Wildman–Crippen LogP) is -3.27. The van der Waals surface area contributed by atoms with Crippen LogP contribution in [0.4, 0.5) is 0 Å². The van der Waals surface area contributed by atoms with E-state index in [0.717, 1.165) is 0 Å². The number of amides is 1. The molecule has 0 radical (unpaired) electrons. The number of rotatable bonds is 7. The van der Waals surface area contributed by atoms with E-state index < -0.39 is 70.5 Å². The molecule has 0 aromatic rings. The van der Waals surface area contributed by atoms with Gasteiger partial charge < -0.3 is 54.8 Å². The Morgan fingerprint density at radius 3 is 1.93 bits per heavy atom. The molecular weight excluding hydrogens is 448 g/mol. The number of carboxylic acid groups (broad SMARTS) is 1. The van der Waals surface area contributed by atoms with Gasteiger partial charge in [0.15, 0.2) is 18.2 Å². The molecule has 0 saturated carbocycles. The van der Waals surface area contributed by atoms with Crippen molar-refractivity contribution in [2.45, 2.75) is 37.6 Å². The molecule has 170 valence electrons. The smallest absolute Gasteiger partial charge is 0.478 e. The van der Waals surface area contributed by atoms with E-state index in [0.29, 0.717) is 0 Å². The van der Waals surface area contributed by atoms with E-state index in [1.807, 2.05) is 0 Å². The molecular formula is C11H21NO15P2. The van der Waals surface area contributed by atoms with Crippen molar-refractivity contribution in [3.05, 3.63) is 12.3 Å². The lowest BCUT2D eigenvalue weighted by molar-refractivity contribution is -0.256. The van der Waals surface area contributed by atoms with Crippen LogP contribution >= 0.6 is 15.6 Å². The normalized spacial score (nSPS) is 27.2. The maximum Gasteiger partial charge on any atom is 0.478 e. The van der Waals surface area contributed by atoms with Gasteiger partial charge in [-0.25, -0.2) is 13.9 Å². The maximum absolute atomic E-state index is 11.1. The van der Waals surface area contributed by atoms with Crippen molar-refractivity contribution in [3.8, 4) is 0 Å². The average Bonchev–Trinajstić information content (AvgIpc) is 2.50. The van der Waals surface area contributed by atoms with E-state index in [-0.39, 0.29) is 0 Å². The molecule has 0 aromatic heterocycles. The van der Waals surface area contributed by atoms with Gasteiger partial charge in [0.1, 0.15) is 18.2 Å². The number of aliphatic hydroxyl groups is 3. The minimum atomic E-state index is -5.05. The lowest BCUT2D eigenvalue weighted by atomic mass is 9.96. The number of carboxylic acids is 1. The van der Waals surface area contributed by atoms with Crippen LogP contribution in [0.2, 0.25) is 0 Å². The van der Waals surface area contributed by atoms with Gasteiger partial charge in [-0.05, 0) is 6.58 Å². The van der Waals surface area contributed by atoms with Gasteiger partial charge in [-0.3, -0.25) is 4.79 Å². The molecule has 0 bridgehead atoms. The fourth-order valence-corrected chi connectivity index (χ4v) is 3.07. The molecule has 5 atom stereocenters. The first kappa shape index (κ1) is 27.6. The van der Waals surface area contributed by atoms with Crippen molar-refractivity contribution in [3.63, 3.8) is 0 Å². The van der Waals surface area contributed by atoms with Crippen LogP contribution in [0.3, 0.4) is 0 Å². The van der Waals surface area contributed by atoms with Crippen LogP contribution < -0.4 is 5.32 Å². The highest BCUT2D eigenvalue weighted by Gasteiger charge is 2.47. The first-order valence-electron chi connectivity index (χ1n) is 7.29. The standard InChI is InChI=1S/C11H17NO8.H4O7P2/c1-4(10(16)17)19-9-7(12-5(2)14)11(18)20-6(3-13)8(9)15;1-8(2,3)7-9(4,5)6/h6-9,11,13,15,18H,1,3H2,2H3,(H,12,14)(H,16,17);(H2,1,2,3)(H2,4,5,6)/t6-,7-,8-,9-,11?;/m1./s1. The van der Waals surface area contributed by atoms with Crippen molar-refractivity contribution in [1.29, 1.82) is 0 Å². The van der Waals surface area contributed by atoms with Gasteiger partial charge in [-0.2, -0.15) is 4.31 Å². The van der Waals surface area contributed by atoms with Gasteiger partial charge in [0, 0.05) is 6.92 Å². The molecule has 0 aliphatic carbocycles. The van der Waals surface area contributed by atoms with Gasteiger partial charge in [-0.1, -0.05) is 0 Å². The Hall–Kier alpha value is -1.42. The summed E-state index contributed by atoms with van der Waals surface area (Å²) in [6.45, 7) is 3.69. The molecule has 1 rings (SSSR count). The zero-order chi connectivity index (χ0) is 23.2. The SMILES string of the molecule is C=C(O[C@H]1[C@H](O)[C@@H](CO)OC(O)[C@@H]1NC(C)=O)C(=O)O.O=P(O)(O)OP(=O)(O)O. The predicted molar refractivity (Wildman–Crippen MR) is 88.4 cm³/mol. The van der Waals surface area contributed by atoms with E-state index in [1.165, 1.54) is 6.92 Å². The number of carbonyl (C=O) groups excluding carboxylic acids is 1. The van der Waals surface area contributed by atoms with Crippen LogP contribution in [-0.4, -0.2) is 89.1 Å². The molecule has 1 fully saturated rings. The van der Waals surface area contributed by atoms with Crippen LogP contribution in [-0.2, 0) is 32.5 Å². The van der Waals surface area contributed by atoms with Crippen LogP contribution in [0, 0.1) is 0 Å². The molecule has 1 aliphatic rings. The zero-order valence-corrected chi connectivity index (χ0v) is 16.4. The van der Waals surface area contributed by atoms with Crippen molar-refractivity contribution in [2.75, 3.05) is 6.61 Å². The van der Waals surface area contributed by atoms with Crippen LogP contribution in [0.15, 0.2) is 12.3 Å². The van der Waals surface area contributed by atoms with Crippen molar-refractivity contribution in [2.24, 2.45) is 0 Å². The summed E-state index contributed by atoms with van der Waals surface area (Å²) in [6, 6.07) is -1.21. The third kappa shape index (κ3) is 10.8. The summed E-state index contributed by atoms with van der Waals surface area (Å²) in [5.74, 6) is -2.67. The van der Waals surface area contributed by atoms with Crippen molar-refractivity contribution >= 4 is 27.5 Å². The number of aliphatic carboxylic acids is 1. The molecule has 1 aliphatic heterocycles. The van der Waals surface area contributed by atoms with Gasteiger partial charge in [-0.15, -0.1) is 0 Å². The Labute approximate surface area is 162 Å². The summed E-state index contributed by atoms with van der Waals surface area (Å²) in [4.78, 5) is 52.8.